The molecular weight excluding hydrogens is 232 g/mol. The molecule has 1 aliphatic carbocycles. The predicted octanol–water partition coefficient (Wildman–Crippen LogP) is 3.69. The maximum absolute atomic E-state index is 4.12. The second-order valence-corrected chi connectivity index (χ2v) is 6.38. The molecule has 2 saturated heterocycles. The van der Waals surface area contributed by atoms with E-state index < -0.39 is 0 Å². The summed E-state index contributed by atoms with van der Waals surface area (Å²) < 4.78 is 0. The first-order valence-electron chi connectivity index (χ1n) is 7.74. The molecule has 2 nitrogen and oxygen atoms in total. The summed E-state index contributed by atoms with van der Waals surface area (Å²) in [6, 6.07) is 5.96. The molecule has 2 atom stereocenters. The van der Waals surface area contributed by atoms with Gasteiger partial charge in [0.15, 0.2) is 0 Å². The second-order valence-electron chi connectivity index (χ2n) is 6.38. The van der Waals surface area contributed by atoms with E-state index >= 15 is 0 Å². The van der Waals surface area contributed by atoms with Crippen molar-refractivity contribution in [1.29, 1.82) is 0 Å². The Kier molecular flexibility index (Phi) is 2.92. The van der Waals surface area contributed by atoms with Gasteiger partial charge in [-0.15, -0.1) is 0 Å². The summed E-state index contributed by atoms with van der Waals surface area (Å²) in [5.74, 6) is 0. The second kappa shape index (κ2) is 4.75. The zero-order chi connectivity index (χ0) is 12.7. The monoisotopic (exact) mass is 254 g/mol. The summed E-state index contributed by atoms with van der Waals surface area (Å²) in [5, 5.41) is 0. The van der Waals surface area contributed by atoms with Gasteiger partial charge in [0.1, 0.15) is 0 Å². The van der Waals surface area contributed by atoms with Crippen molar-refractivity contribution in [2.75, 3.05) is 0 Å². The third kappa shape index (κ3) is 2.12. The van der Waals surface area contributed by atoms with Crippen molar-refractivity contribution in [1.82, 2.24) is 9.88 Å². The van der Waals surface area contributed by atoms with E-state index in [9.17, 15) is 0 Å². The summed E-state index contributed by atoms with van der Waals surface area (Å²) in [6.07, 6.45) is 13.6. The van der Waals surface area contributed by atoms with Gasteiger partial charge in [0, 0.05) is 31.0 Å². The van der Waals surface area contributed by atoms with E-state index in [-0.39, 0.29) is 0 Å². The number of aromatic nitrogens is 1. The Morgan fingerprint density at radius 1 is 1.00 bits per heavy atom. The third-order valence-corrected chi connectivity index (χ3v) is 5.31. The highest BCUT2D eigenvalue weighted by molar-refractivity contribution is 5.25. The van der Waals surface area contributed by atoms with Crippen molar-refractivity contribution >= 4 is 0 Å². The van der Waals surface area contributed by atoms with Gasteiger partial charge < -0.3 is 0 Å². The van der Waals surface area contributed by atoms with Crippen LogP contribution in [0.2, 0.25) is 0 Å². The SMILES string of the molecule is c1cc(CN2C3CCC2CC(=C2CCC2)C3)ccn1. The molecule has 2 bridgehead atoms. The molecule has 0 amide bonds. The Balaban J connectivity index is 1.51. The van der Waals surface area contributed by atoms with Gasteiger partial charge in [-0.3, -0.25) is 9.88 Å². The van der Waals surface area contributed by atoms with E-state index in [0.29, 0.717) is 0 Å². The average Bonchev–Trinajstić information content (AvgIpc) is 2.60. The molecule has 100 valence electrons. The minimum Gasteiger partial charge on any atom is -0.293 e. The highest BCUT2D eigenvalue weighted by Gasteiger charge is 2.39. The van der Waals surface area contributed by atoms with Gasteiger partial charge in [-0.05, 0) is 62.6 Å². The molecule has 0 spiro atoms. The lowest BCUT2D eigenvalue weighted by atomic mass is 9.82. The van der Waals surface area contributed by atoms with Crippen LogP contribution in [0, 0.1) is 0 Å². The summed E-state index contributed by atoms with van der Waals surface area (Å²) in [5.41, 5.74) is 5.08. The van der Waals surface area contributed by atoms with Crippen LogP contribution in [0.5, 0.6) is 0 Å². The molecule has 2 unspecified atom stereocenters. The van der Waals surface area contributed by atoms with Crippen LogP contribution in [0.1, 0.15) is 50.5 Å². The number of hydrogen-bond donors (Lipinski definition) is 0. The van der Waals surface area contributed by atoms with E-state index in [0.717, 1.165) is 18.6 Å². The highest BCUT2D eigenvalue weighted by atomic mass is 15.2. The fraction of sp³-hybridized carbons (Fsp3) is 0.588. The molecule has 1 aromatic rings. The lowest BCUT2D eigenvalue weighted by Gasteiger charge is -2.38. The minimum atomic E-state index is 0.815. The highest BCUT2D eigenvalue weighted by Crippen LogP contribution is 2.43. The molecule has 0 N–H and O–H groups in total. The summed E-state index contributed by atoms with van der Waals surface area (Å²) in [6.45, 7) is 1.13. The van der Waals surface area contributed by atoms with Crippen molar-refractivity contribution in [2.24, 2.45) is 0 Å². The molecule has 0 radical (unpaired) electrons. The standard InChI is InChI=1S/C17H22N2/c1-2-14(3-1)15-10-16-4-5-17(11-15)19(16)12-13-6-8-18-9-7-13/h6-9,16-17H,1-5,10-12H2. The van der Waals surface area contributed by atoms with E-state index in [1.165, 1.54) is 50.5 Å². The van der Waals surface area contributed by atoms with Crippen molar-refractivity contribution in [3.63, 3.8) is 0 Å². The van der Waals surface area contributed by atoms with Crippen LogP contribution < -0.4 is 0 Å². The fourth-order valence-corrected chi connectivity index (χ4v) is 4.06. The summed E-state index contributed by atoms with van der Waals surface area (Å²) in [4.78, 5) is 6.88. The van der Waals surface area contributed by atoms with Gasteiger partial charge >= 0.3 is 0 Å². The molecule has 3 heterocycles. The predicted molar refractivity (Wildman–Crippen MR) is 76.7 cm³/mol. The molecular formula is C17H22N2. The number of rotatable bonds is 2. The van der Waals surface area contributed by atoms with E-state index in [1.807, 2.05) is 23.5 Å². The van der Waals surface area contributed by atoms with Crippen LogP contribution in [-0.4, -0.2) is 22.0 Å². The molecule has 1 aromatic heterocycles. The number of fused-ring (bicyclic) bond motifs is 2. The van der Waals surface area contributed by atoms with Crippen LogP contribution >= 0.6 is 0 Å². The fourth-order valence-electron chi connectivity index (χ4n) is 4.06. The molecule has 4 rings (SSSR count). The lowest BCUT2D eigenvalue weighted by Crippen LogP contribution is -2.40. The topological polar surface area (TPSA) is 16.1 Å². The minimum absolute atomic E-state index is 0.815. The van der Waals surface area contributed by atoms with E-state index in [4.69, 9.17) is 0 Å². The van der Waals surface area contributed by atoms with Gasteiger partial charge in [-0.2, -0.15) is 0 Å². The van der Waals surface area contributed by atoms with Gasteiger partial charge in [0.2, 0.25) is 0 Å². The van der Waals surface area contributed by atoms with Crippen molar-refractivity contribution < 1.29 is 0 Å². The number of nitrogens with zero attached hydrogens (tertiary/aromatic N) is 2. The Morgan fingerprint density at radius 3 is 2.26 bits per heavy atom. The van der Waals surface area contributed by atoms with Crippen LogP contribution in [0.4, 0.5) is 0 Å². The first kappa shape index (κ1) is 11.7. The largest absolute Gasteiger partial charge is 0.293 e. The normalized spacial score (nSPS) is 30.5. The molecule has 3 fully saturated rings. The Morgan fingerprint density at radius 2 is 1.68 bits per heavy atom. The van der Waals surface area contributed by atoms with Crippen molar-refractivity contribution in [2.45, 2.75) is 63.6 Å². The summed E-state index contributed by atoms with van der Waals surface area (Å²) >= 11 is 0. The van der Waals surface area contributed by atoms with Gasteiger partial charge in [-0.1, -0.05) is 11.1 Å². The number of hydrogen-bond acceptors (Lipinski definition) is 2. The molecule has 1 saturated carbocycles. The first-order chi connectivity index (χ1) is 9.40. The van der Waals surface area contributed by atoms with E-state index in [2.05, 4.69) is 22.0 Å². The smallest absolute Gasteiger partial charge is 0.0271 e. The van der Waals surface area contributed by atoms with Crippen LogP contribution in [0.3, 0.4) is 0 Å². The van der Waals surface area contributed by atoms with Crippen LogP contribution in [0.15, 0.2) is 35.7 Å². The Bertz CT molecular complexity index is 469. The third-order valence-electron chi connectivity index (χ3n) is 5.31. The summed E-state index contributed by atoms with van der Waals surface area (Å²) in [7, 11) is 0. The quantitative estimate of drug-likeness (QED) is 0.748. The number of pyridine rings is 1. The molecule has 3 aliphatic rings. The molecule has 2 aliphatic heterocycles. The average molecular weight is 254 g/mol. The van der Waals surface area contributed by atoms with Crippen molar-refractivity contribution in [3.05, 3.63) is 41.2 Å². The molecule has 19 heavy (non-hydrogen) atoms. The van der Waals surface area contributed by atoms with Gasteiger partial charge in [0.05, 0.1) is 0 Å². The number of piperidine rings is 1. The van der Waals surface area contributed by atoms with Gasteiger partial charge in [0.25, 0.3) is 0 Å². The zero-order valence-electron chi connectivity index (χ0n) is 11.5. The Hall–Kier alpha value is -1.15. The van der Waals surface area contributed by atoms with E-state index in [1.54, 1.807) is 0 Å². The van der Waals surface area contributed by atoms with Crippen LogP contribution in [-0.2, 0) is 6.54 Å². The molecule has 0 aromatic carbocycles. The maximum Gasteiger partial charge on any atom is 0.0271 e. The van der Waals surface area contributed by atoms with Crippen LogP contribution in [0.25, 0.3) is 0 Å². The molecule has 2 heteroatoms. The number of allylic oxidation sites excluding steroid dienone is 1. The zero-order valence-corrected chi connectivity index (χ0v) is 11.5. The Labute approximate surface area is 115 Å². The first-order valence-corrected chi connectivity index (χ1v) is 7.74. The lowest BCUT2D eigenvalue weighted by molar-refractivity contribution is 0.155. The van der Waals surface area contributed by atoms with Gasteiger partial charge in [-0.25, -0.2) is 0 Å². The van der Waals surface area contributed by atoms with Crippen molar-refractivity contribution in [3.8, 4) is 0 Å². The maximum atomic E-state index is 4.12.